The molecular formula is C33H54O3. The van der Waals surface area contributed by atoms with Crippen LogP contribution in [0.5, 0.6) is 0 Å². The van der Waals surface area contributed by atoms with Crippen LogP contribution in [0, 0.1) is 50.7 Å². The van der Waals surface area contributed by atoms with Crippen LogP contribution in [0.25, 0.3) is 0 Å². The second kappa shape index (κ2) is 8.59. The number of esters is 1. The molecule has 4 saturated carbocycles. The Hall–Kier alpha value is -0.830. The number of ether oxygens (including phenoxy) is 2. The molecule has 0 unspecified atom stereocenters. The summed E-state index contributed by atoms with van der Waals surface area (Å²) in [6, 6.07) is 0. The van der Waals surface area contributed by atoms with E-state index in [0.717, 1.165) is 24.7 Å². The lowest BCUT2D eigenvalue weighted by Gasteiger charge is -2.64. The maximum Gasteiger partial charge on any atom is 0.302 e. The van der Waals surface area contributed by atoms with Gasteiger partial charge in [-0.15, -0.1) is 0 Å². The molecule has 5 aliphatic carbocycles. The number of methoxy groups -OCH3 is 1. The first-order valence-electron chi connectivity index (χ1n) is 15.1. The van der Waals surface area contributed by atoms with Crippen molar-refractivity contribution in [1.29, 1.82) is 0 Å². The number of carbonyl (C=O) groups is 1. The molecule has 0 aromatic carbocycles. The SMILES string of the molecule is CO[C@H]1CC[C@@]2(C)[C@@H](CC[C@@]3(C)CC4=CC[C@H]5C(C)(C)[C@@H](OC(C)=O)CC[C@]5(C)[C@H]4CC[C@@H]32)C1(C)C. The van der Waals surface area contributed by atoms with Gasteiger partial charge in [-0.05, 0) is 110 Å². The first-order valence-corrected chi connectivity index (χ1v) is 15.1. The van der Waals surface area contributed by atoms with Crippen molar-refractivity contribution in [2.24, 2.45) is 50.7 Å². The zero-order valence-corrected chi connectivity index (χ0v) is 24.8. The fourth-order valence-corrected chi connectivity index (χ4v) is 11.7. The summed E-state index contributed by atoms with van der Waals surface area (Å²) in [5.41, 5.74) is 3.18. The molecule has 5 rings (SSSR count). The van der Waals surface area contributed by atoms with Crippen LogP contribution in [0.2, 0.25) is 0 Å². The van der Waals surface area contributed by atoms with E-state index >= 15 is 0 Å². The van der Waals surface area contributed by atoms with Crippen molar-refractivity contribution in [1.82, 2.24) is 0 Å². The van der Waals surface area contributed by atoms with Crippen LogP contribution in [0.4, 0.5) is 0 Å². The summed E-state index contributed by atoms with van der Waals surface area (Å²) in [6.07, 6.45) is 15.7. The standard InChI is InChI=1S/C33H54O3/c1-21(34)36-28-16-18-32(7)23-11-13-26-31(6,20-22(23)10-12-24(32)30(28,4)5)17-14-25-29(2,3)27(35-9)15-19-33(25,26)8/h10,23-28H,11-20H2,1-9H3/t23-,24-,25-,26-,27-,28-,31-,32+,33-/m0/s1. The van der Waals surface area contributed by atoms with Crippen LogP contribution >= 0.6 is 0 Å². The molecule has 0 aliphatic heterocycles. The molecule has 0 amide bonds. The lowest BCUT2D eigenvalue weighted by atomic mass is 9.42. The largest absolute Gasteiger partial charge is 0.462 e. The zero-order valence-electron chi connectivity index (χ0n) is 24.8. The van der Waals surface area contributed by atoms with Gasteiger partial charge in [0.2, 0.25) is 0 Å². The van der Waals surface area contributed by atoms with Crippen molar-refractivity contribution in [3.63, 3.8) is 0 Å². The highest BCUT2D eigenvalue weighted by atomic mass is 16.5. The summed E-state index contributed by atoms with van der Waals surface area (Å²) in [5, 5.41) is 0. The molecule has 9 atom stereocenters. The van der Waals surface area contributed by atoms with E-state index in [4.69, 9.17) is 9.47 Å². The van der Waals surface area contributed by atoms with Gasteiger partial charge in [-0.3, -0.25) is 4.79 Å². The van der Waals surface area contributed by atoms with Gasteiger partial charge in [0.15, 0.2) is 0 Å². The minimum atomic E-state index is -0.121. The molecule has 36 heavy (non-hydrogen) atoms. The third kappa shape index (κ3) is 3.71. The van der Waals surface area contributed by atoms with Crippen molar-refractivity contribution in [2.75, 3.05) is 7.11 Å². The number of fused-ring (bicyclic) bond motifs is 6. The van der Waals surface area contributed by atoms with E-state index < -0.39 is 0 Å². The van der Waals surface area contributed by atoms with Crippen molar-refractivity contribution in [3.05, 3.63) is 11.6 Å². The third-order valence-corrected chi connectivity index (χ3v) is 13.4. The van der Waals surface area contributed by atoms with Crippen LogP contribution in [0.15, 0.2) is 11.6 Å². The third-order valence-electron chi connectivity index (χ3n) is 13.4. The average molecular weight is 499 g/mol. The minimum absolute atomic E-state index is 0.0172. The summed E-state index contributed by atoms with van der Waals surface area (Å²) in [4.78, 5) is 11.9. The fraction of sp³-hybridized carbons (Fsp3) is 0.909. The maximum absolute atomic E-state index is 11.9. The molecule has 0 spiro atoms. The molecule has 5 aliphatic rings. The number of rotatable bonds is 2. The van der Waals surface area contributed by atoms with Gasteiger partial charge >= 0.3 is 5.97 Å². The summed E-state index contributed by atoms with van der Waals surface area (Å²) >= 11 is 0. The Bertz CT molecular complexity index is 916. The molecule has 204 valence electrons. The molecule has 0 radical (unpaired) electrons. The van der Waals surface area contributed by atoms with E-state index in [9.17, 15) is 4.79 Å². The molecule has 3 heteroatoms. The minimum Gasteiger partial charge on any atom is -0.462 e. The summed E-state index contributed by atoms with van der Waals surface area (Å²) in [7, 11) is 1.93. The van der Waals surface area contributed by atoms with Gasteiger partial charge in [-0.1, -0.05) is 60.1 Å². The highest BCUT2D eigenvalue weighted by Gasteiger charge is 2.63. The van der Waals surface area contributed by atoms with E-state index in [1.54, 1.807) is 12.5 Å². The number of hydrogen-bond donors (Lipinski definition) is 0. The Labute approximate surface area is 221 Å². The summed E-state index contributed by atoms with van der Waals surface area (Å²) < 4.78 is 11.9. The number of allylic oxidation sites excluding steroid dienone is 2. The Balaban J connectivity index is 1.46. The fourth-order valence-electron chi connectivity index (χ4n) is 11.7. The highest BCUT2D eigenvalue weighted by Crippen LogP contribution is 2.70. The quantitative estimate of drug-likeness (QED) is 0.283. The Kier molecular flexibility index (Phi) is 6.38. The zero-order chi connectivity index (χ0) is 26.3. The van der Waals surface area contributed by atoms with Crippen LogP contribution < -0.4 is 0 Å². The van der Waals surface area contributed by atoms with E-state index in [1.165, 1.54) is 51.4 Å². The first kappa shape index (κ1) is 26.8. The van der Waals surface area contributed by atoms with Gasteiger partial charge in [0.25, 0.3) is 0 Å². The molecular weight excluding hydrogens is 444 g/mol. The van der Waals surface area contributed by atoms with Crippen LogP contribution in [-0.4, -0.2) is 25.3 Å². The first-order chi connectivity index (χ1) is 16.7. The topological polar surface area (TPSA) is 35.5 Å². The second-order valence-electron chi connectivity index (χ2n) is 15.7. The van der Waals surface area contributed by atoms with Gasteiger partial charge < -0.3 is 9.47 Å². The predicted molar refractivity (Wildman–Crippen MR) is 146 cm³/mol. The molecule has 0 N–H and O–H groups in total. The molecule has 3 nitrogen and oxygen atoms in total. The molecule has 0 saturated heterocycles. The predicted octanol–water partition coefficient (Wildman–Crippen LogP) is 8.36. The van der Waals surface area contributed by atoms with Crippen molar-refractivity contribution >= 4 is 5.97 Å². The van der Waals surface area contributed by atoms with Crippen molar-refractivity contribution in [3.8, 4) is 0 Å². The summed E-state index contributed by atoms with van der Waals surface area (Å²) in [5.74, 6) is 2.67. The molecule has 0 heterocycles. The van der Waals surface area contributed by atoms with Gasteiger partial charge in [0.1, 0.15) is 6.10 Å². The number of carbonyl (C=O) groups excluding carboxylic acids is 1. The highest BCUT2D eigenvalue weighted by molar-refractivity contribution is 5.66. The molecule has 0 bridgehead atoms. The summed E-state index contributed by atoms with van der Waals surface area (Å²) in [6.45, 7) is 19.3. The van der Waals surface area contributed by atoms with Gasteiger partial charge in [-0.25, -0.2) is 0 Å². The second-order valence-corrected chi connectivity index (χ2v) is 15.7. The van der Waals surface area contributed by atoms with Crippen LogP contribution in [-0.2, 0) is 14.3 Å². The normalized spacial score (nSPS) is 49.3. The van der Waals surface area contributed by atoms with Crippen molar-refractivity contribution < 1.29 is 14.3 Å². The average Bonchev–Trinajstić information content (AvgIpc) is 2.92. The van der Waals surface area contributed by atoms with E-state index in [0.29, 0.717) is 34.2 Å². The smallest absolute Gasteiger partial charge is 0.302 e. The Morgan fingerprint density at radius 3 is 2.08 bits per heavy atom. The number of hydrogen-bond acceptors (Lipinski definition) is 3. The Morgan fingerprint density at radius 1 is 0.778 bits per heavy atom. The maximum atomic E-state index is 11.9. The molecule has 0 aromatic heterocycles. The van der Waals surface area contributed by atoms with Gasteiger partial charge in [0.05, 0.1) is 6.10 Å². The van der Waals surface area contributed by atoms with Gasteiger partial charge in [-0.2, -0.15) is 0 Å². The van der Waals surface area contributed by atoms with Crippen molar-refractivity contribution in [2.45, 2.75) is 132 Å². The molecule has 4 fully saturated rings. The monoisotopic (exact) mass is 498 g/mol. The Morgan fingerprint density at radius 2 is 1.42 bits per heavy atom. The van der Waals surface area contributed by atoms with Gasteiger partial charge in [0, 0.05) is 19.4 Å². The van der Waals surface area contributed by atoms with E-state index in [2.05, 4.69) is 54.5 Å². The lowest BCUT2D eigenvalue weighted by Crippen LogP contribution is -2.58. The lowest BCUT2D eigenvalue weighted by molar-refractivity contribution is -0.178. The molecule has 0 aromatic rings. The van der Waals surface area contributed by atoms with Crippen LogP contribution in [0.3, 0.4) is 0 Å². The van der Waals surface area contributed by atoms with E-state index in [-0.39, 0.29) is 22.9 Å². The van der Waals surface area contributed by atoms with Crippen LogP contribution in [0.1, 0.15) is 120 Å². The van der Waals surface area contributed by atoms with E-state index in [1.807, 2.05) is 7.11 Å².